The number of nitrogens with zero attached hydrogens (tertiary/aromatic N) is 2. The van der Waals surface area contributed by atoms with Gasteiger partial charge in [0.1, 0.15) is 0 Å². The minimum absolute atomic E-state index is 0.0417. The molecule has 2 amide bonds. The molecule has 0 aromatic rings. The number of amides is 2. The van der Waals surface area contributed by atoms with Gasteiger partial charge in [0.05, 0.1) is 13.2 Å². The summed E-state index contributed by atoms with van der Waals surface area (Å²) >= 11 is 0. The molecule has 6 nitrogen and oxygen atoms in total. The van der Waals surface area contributed by atoms with Crippen molar-refractivity contribution in [3.63, 3.8) is 0 Å². The second-order valence-electron chi connectivity index (χ2n) is 4.33. The summed E-state index contributed by atoms with van der Waals surface area (Å²) in [4.78, 5) is 15.1. The molecule has 1 aliphatic rings. The van der Waals surface area contributed by atoms with E-state index in [1.54, 1.807) is 14.1 Å². The van der Waals surface area contributed by atoms with E-state index in [9.17, 15) is 4.79 Å². The molecule has 1 saturated heterocycles. The minimum Gasteiger partial charge on any atom is -0.379 e. The maximum Gasteiger partial charge on any atom is 0.316 e. The smallest absolute Gasteiger partial charge is 0.316 e. The van der Waals surface area contributed by atoms with Crippen LogP contribution < -0.4 is 10.6 Å². The van der Waals surface area contributed by atoms with Crippen LogP contribution in [-0.4, -0.2) is 82.4 Å². The molecule has 1 rings (SSSR count). The van der Waals surface area contributed by atoms with Crippen LogP contribution in [0.15, 0.2) is 0 Å². The number of rotatable bonds is 6. The summed E-state index contributed by atoms with van der Waals surface area (Å²) < 4.78 is 5.28. The third-order valence-electron chi connectivity index (χ3n) is 2.69. The summed E-state index contributed by atoms with van der Waals surface area (Å²) in [7, 11) is 3.47. The van der Waals surface area contributed by atoms with Crippen molar-refractivity contribution in [1.29, 1.82) is 0 Å². The molecule has 17 heavy (non-hydrogen) atoms. The summed E-state index contributed by atoms with van der Waals surface area (Å²) in [6.07, 6.45) is 0. The monoisotopic (exact) mass is 244 g/mol. The molecule has 0 aliphatic carbocycles. The normalized spacial score (nSPS) is 16.8. The van der Waals surface area contributed by atoms with E-state index in [2.05, 4.69) is 15.5 Å². The van der Waals surface area contributed by atoms with Crippen molar-refractivity contribution >= 4 is 6.03 Å². The summed E-state index contributed by atoms with van der Waals surface area (Å²) in [5, 5.41) is 6.12. The van der Waals surface area contributed by atoms with Gasteiger partial charge in [-0.15, -0.1) is 0 Å². The second-order valence-corrected chi connectivity index (χ2v) is 4.33. The average Bonchev–Trinajstić information content (AvgIpc) is 2.34. The predicted octanol–water partition coefficient (Wildman–Crippen LogP) is -0.821. The van der Waals surface area contributed by atoms with E-state index in [0.717, 1.165) is 45.9 Å². The molecule has 2 N–H and O–H groups in total. The van der Waals surface area contributed by atoms with Crippen molar-refractivity contribution < 1.29 is 9.53 Å². The highest BCUT2D eigenvalue weighted by Crippen LogP contribution is 1.94. The number of urea groups is 1. The third kappa shape index (κ3) is 6.45. The van der Waals surface area contributed by atoms with Crippen LogP contribution in [0.4, 0.5) is 4.79 Å². The van der Waals surface area contributed by atoms with Crippen LogP contribution in [-0.2, 0) is 4.74 Å². The lowest BCUT2D eigenvalue weighted by Crippen LogP contribution is -2.42. The Morgan fingerprint density at radius 1 is 1.24 bits per heavy atom. The van der Waals surface area contributed by atoms with Crippen molar-refractivity contribution in [1.82, 2.24) is 20.4 Å². The van der Waals surface area contributed by atoms with Crippen molar-refractivity contribution in [2.24, 2.45) is 0 Å². The topological polar surface area (TPSA) is 56.8 Å². The van der Waals surface area contributed by atoms with Gasteiger partial charge < -0.3 is 20.3 Å². The van der Waals surface area contributed by atoms with E-state index in [0.29, 0.717) is 6.54 Å². The zero-order valence-corrected chi connectivity index (χ0v) is 10.9. The Morgan fingerprint density at radius 3 is 2.59 bits per heavy atom. The van der Waals surface area contributed by atoms with E-state index in [4.69, 9.17) is 4.74 Å². The fourth-order valence-corrected chi connectivity index (χ4v) is 1.60. The molecular weight excluding hydrogens is 220 g/mol. The SMILES string of the molecule is CN(C)C(=O)NCCNCCN1CCOCC1. The molecule has 0 saturated carbocycles. The Hall–Kier alpha value is -0.850. The first-order valence-electron chi connectivity index (χ1n) is 6.16. The number of nitrogens with one attached hydrogen (secondary N) is 2. The van der Waals surface area contributed by atoms with Gasteiger partial charge in [0.15, 0.2) is 0 Å². The Balaban J connectivity index is 1.88. The fourth-order valence-electron chi connectivity index (χ4n) is 1.60. The molecule has 0 spiro atoms. The molecule has 0 aromatic heterocycles. The average molecular weight is 244 g/mol. The quantitative estimate of drug-likeness (QED) is 0.599. The highest BCUT2D eigenvalue weighted by atomic mass is 16.5. The molecular formula is C11H24N4O2. The highest BCUT2D eigenvalue weighted by molar-refractivity contribution is 5.73. The standard InChI is InChI=1S/C11H24N4O2/c1-14(2)11(16)13-4-3-12-5-6-15-7-9-17-10-8-15/h12H,3-10H2,1-2H3,(H,13,16). The van der Waals surface area contributed by atoms with Gasteiger partial charge in [-0.05, 0) is 0 Å². The molecule has 1 heterocycles. The number of hydrogen-bond donors (Lipinski definition) is 2. The molecule has 1 fully saturated rings. The van der Waals surface area contributed by atoms with Crippen molar-refractivity contribution in [3.8, 4) is 0 Å². The number of hydrogen-bond acceptors (Lipinski definition) is 4. The molecule has 6 heteroatoms. The lowest BCUT2D eigenvalue weighted by atomic mass is 10.4. The van der Waals surface area contributed by atoms with Gasteiger partial charge in [-0.2, -0.15) is 0 Å². The lowest BCUT2D eigenvalue weighted by molar-refractivity contribution is 0.0385. The van der Waals surface area contributed by atoms with E-state index in [1.165, 1.54) is 4.90 Å². The minimum atomic E-state index is -0.0417. The predicted molar refractivity (Wildman–Crippen MR) is 67.2 cm³/mol. The summed E-state index contributed by atoms with van der Waals surface area (Å²) in [5.41, 5.74) is 0. The van der Waals surface area contributed by atoms with Gasteiger partial charge in [0, 0.05) is 53.4 Å². The van der Waals surface area contributed by atoms with Crippen LogP contribution in [0.2, 0.25) is 0 Å². The summed E-state index contributed by atoms with van der Waals surface area (Å²) in [6, 6.07) is -0.0417. The molecule has 100 valence electrons. The summed E-state index contributed by atoms with van der Waals surface area (Å²) in [5.74, 6) is 0. The Bertz CT molecular complexity index is 218. The van der Waals surface area contributed by atoms with Gasteiger partial charge in [-0.25, -0.2) is 4.79 Å². The number of carbonyl (C=O) groups excluding carboxylic acids is 1. The van der Waals surface area contributed by atoms with Crippen molar-refractivity contribution in [2.45, 2.75) is 0 Å². The second kappa shape index (κ2) is 8.27. The maximum atomic E-state index is 11.2. The first-order chi connectivity index (χ1) is 8.20. The molecule has 0 atom stereocenters. The molecule has 0 unspecified atom stereocenters. The van der Waals surface area contributed by atoms with Crippen LogP contribution in [0.25, 0.3) is 0 Å². The zero-order chi connectivity index (χ0) is 12.5. The zero-order valence-electron chi connectivity index (χ0n) is 10.9. The van der Waals surface area contributed by atoms with Gasteiger partial charge >= 0.3 is 6.03 Å². The van der Waals surface area contributed by atoms with Crippen LogP contribution >= 0.6 is 0 Å². The van der Waals surface area contributed by atoms with Crippen LogP contribution in [0.3, 0.4) is 0 Å². The van der Waals surface area contributed by atoms with Crippen molar-refractivity contribution in [3.05, 3.63) is 0 Å². The van der Waals surface area contributed by atoms with E-state index < -0.39 is 0 Å². The van der Waals surface area contributed by atoms with Gasteiger partial charge in [-0.3, -0.25) is 4.90 Å². The molecule has 0 aromatic carbocycles. The number of morpholine rings is 1. The first-order valence-corrected chi connectivity index (χ1v) is 6.16. The largest absolute Gasteiger partial charge is 0.379 e. The highest BCUT2D eigenvalue weighted by Gasteiger charge is 2.08. The van der Waals surface area contributed by atoms with Gasteiger partial charge in [0.25, 0.3) is 0 Å². The Labute approximate surface area is 103 Å². The summed E-state index contributed by atoms with van der Waals surface area (Å²) in [6.45, 7) is 7.22. The maximum absolute atomic E-state index is 11.2. The van der Waals surface area contributed by atoms with E-state index in [-0.39, 0.29) is 6.03 Å². The van der Waals surface area contributed by atoms with Crippen LogP contribution in [0.1, 0.15) is 0 Å². The van der Waals surface area contributed by atoms with Crippen molar-refractivity contribution in [2.75, 3.05) is 66.6 Å². The van der Waals surface area contributed by atoms with Crippen LogP contribution in [0, 0.1) is 0 Å². The van der Waals surface area contributed by atoms with Gasteiger partial charge in [0.2, 0.25) is 0 Å². The third-order valence-corrected chi connectivity index (χ3v) is 2.69. The number of ether oxygens (including phenoxy) is 1. The molecule has 0 bridgehead atoms. The van der Waals surface area contributed by atoms with Crippen LogP contribution in [0.5, 0.6) is 0 Å². The fraction of sp³-hybridized carbons (Fsp3) is 0.909. The van der Waals surface area contributed by atoms with Gasteiger partial charge in [-0.1, -0.05) is 0 Å². The molecule has 0 radical (unpaired) electrons. The Morgan fingerprint density at radius 2 is 1.94 bits per heavy atom. The van der Waals surface area contributed by atoms with E-state index >= 15 is 0 Å². The molecule has 1 aliphatic heterocycles. The Kier molecular flexibility index (Phi) is 6.91. The number of carbonyl (C=O) groups is 1. The van der Waals surface area contributed by atoms with E-state index in [1.807, 2.05) is 0 Å². The first kappa shape index (κ1) is 14.2. The lowest BCUT2D eigenvalue weighted by Gasteiger charge is -2.26.